The third kappa shape index (κ3) is 6.25. The van der Waals surface area contributed by atoms with Crippen LogP contribution in [0.3, 0.4) is 0 Å². The second kappa shape index (κ2) is 13.3. The number of methoxy groups -OCH3 is 1. The van der Waals surface area contributed by atoms with Crippen LogP contribution in [0.5, 0.6) is 5.88 Å². The van der Waals surface area contributed by atoms with E-state index in [0.29, 0.717) is 59.7 Å². The Hall–Kier alpha value is -4.10. The van der Waals surface area contributed by atoms with Gasteiger partial charge in [0.1, 0.15) is 11.6 Å². The SMILES string of the molecule is COc1nc(-c2cccc(-c3cccc(NC(=O)C4CN(C)C(=O)N(C)C4=O)c3C)c2Cl)cnc1CN[C@@H]1CCOC[C@@H]1O. The van der Waals surface area contributed by atoms with E-state index in [1.54, 1.807) is 25.4 Å². The average molecular weight is 623 g/mol. The van der Waals surface area contributed by atoms with E-state index in [1.807, 2.05) is 31.2 Å². The molecule has 0 spiro atoms. The number of anilines is 1. The van der Waals surface area contributed by atoms with E-state index in [-0.39, 0.29) is 12.6 Å². The minimum Gasteiger partial charge on any atom is -0.480 e. The number of aliphatic hydroxyl groups excluding tert-OH is 1. The fraction of sp³-hybridized carbons (Fsp3) is 0.387. The lowest BCUT2D eigenvalue weighted by Gasteiger charge is -2.33. The van der Waals surface area contributed by atoms with Crippen LogP contribution in [0, 0.1) is 12.8 Å². The Morgan fingerprint density at radius 2 is 1.89 bits per heavy atom. The number of nitrogens with zero attached hydrogens (tertiary/aromatic N) is 4. The van der Waals surface area contributed by atoms with Crippen LogP contribution in [-0.4, -0.2) is 95.8 Å². The molecule has 2 aliphatic rings. The van der Waals surface area contributed by atoms with Gasteiger partial charge in [-0.15, -0.1) is 0 Å². The van der Waals surface area contributed by atoms with E-state index in [0.717, 1.165) is 21.6 Å². The molecule has 1 unspecified atom stereocenters. The number of rotatable bonds is 8. The van der Waals surface area contributed by atoms with Gasteiger partial charge in [-0.1, -0.05) is 41.9 Å². The fourth-order valence-electron chi connectivity index (χ4n) is 5.43. The molecule has 0 bridgehead atoms. The normalized spacial score (nSPS) is 20.5. The lowest BCUT2D eigenvalue weighted by molar-refractivity contribution is -0.140. The Morgan fingerprint density at radius 3 is 2.64 bits per heavy atom. The summed E-state index contributed by atoms with van der Waals surface area (Å²) in [6, 6.07) is 10.5. The number of ether oxygens (including phenoxy) is 2. The number of carbonyl (C=O) groups excluding carboxylic acids is 3. The molecule has 232 valence electrons. The fourth-order valence-corrected chi connectivity index (χ4v) is 5.75. The number of amides is 4. The maximum atomic E-state index is 13.2. The number of aliphatic hydroxyl groups is 1. The third-order valence-corrected chi connectivity index (χ3v) is 8.44. The third-order valence-electron chi connectivity index (χ3n) is 8.03. The van der Waals surface area contributed by atoms with Crippen molar-refractivity contribution in [3.05, 3.63) is 58.9 Å². The standard InChI is InChI=1S/C31H35ClN6O6/c1-17-18(7-6-10-22(17)35-28(40)21-15-37(2)31(42)38(3)30(21)41)19-8-5-9-20(27(19)32)24-13-34-25(29(36-24)43-4)14-33-23-11-12-44-16-26(23)39/h5-10,13,21,23,26,33,39H,11-12,14-16H2,1-4H3,(H,35,40)/t21?,23-,26+/m1/s1. The van der Waals surface area contributed by atoms with Crippen molar-refractivity contribution in [1.82, 2.24) is 25.1 Å². The first-order valence-corrected chi connectivity index (χ1v) is 14.6. The van der Waals surface area contributed by atoms with Gasteiger partial charge in [0.2, 0.25) is 17.7 Å². The number of hydrogen-bond acceptors (Lipinski definition) is 9. The maximum absolute atomic E-state index is 13.2. The summed E-state index contributed by atoms with van der Waals surface area (Å²) in [5.41, 5.74) is 4.54. The number of benzene rings is 2. The summed E-state index contributed by atoms with van der Waals surface area (Å²) in [5.74, 6) is -1.72. The van der Waals surface area contributed by atoms with Crippen molar-refractivity contribution in [1.29, 1.82) is 0 Å². The average Bonchev–Trinajstić information content (AvgIpc) is 3.02. The number of imide groups is 1. The molecule has 2 fully saturated rings. The van der Waals surface area contributed by atoms with Gasteiger partial charge < -0.3 is 30.1 Å². The molecule has 2 aromatic carbocycles. The van der Waals surface area contributed by atoms with Gasteiger partial charge >= 0.3 is 6.03 Å². The first kappa shape index (κ1) is 31.3. The summed E-state index contributed by atoms with van der Waals surface area (Å²) in [4.78, 5) is 49.5. The van der Waals surface area contributed by atoms with Crippen molar-refractivity contribution in [3.8, 4) is 28.3 Å². The van der Waals surface area contributed by atoms with Gasteiger partial charge in [-0.25, -0.2) is 9.78 Å². The van der Waals surface area contributed by atoms with Gasteiger partial charge in [0, 0.05) is 56.6 Å². The summed E-state index contributed by atoms with van der Waals surface area (Å²) in [7, 11) is 4.44. The van der Waals surface area contributed by atoms with E-state index in [9.17, 15) is 19.5 Å². The summed E-state index contributed by atoms with van der Waals surface area (Å²) in [6.07, 6.45) is 1.73. The van der Waals surface area contributed by atoms with E-state index in [4.69, 9.17) is 21.1 Å². The summed E-state index contributed by atoms with van der Waals surface area (Å²) in [5, 5.41) is 16.8. The molecule has 3 aromatic rings. The molecular weight excluding hydrogens is 588 g/mol. The number of carbonyl (C=O) groups is 3. The molecule has 4 amide bonds. The van der Waals surface area contributed by atoms with Crippen LogP contribution in [0.15, 0.2) is 42.6 Å². The lowest BCUT2D eigenvalue weighted by Crippen LogP contribution is -2.56. The number of aromatic nitrogens is 2. The topological polar surface area (TPSA) is 146 Å². The predicted molar refractivity (Wildman–Crippen MR) is 164 cm³/mol. The Labute approximate surface area is 260 Å². The Bertz CT molecular complexity index is 1590. The van der Waals surface area contributed by atoms with Gasteiger partial charge in [-0.2, -0.15) is 0 Å². The minimum absolute atomic E-state index is 0.00268. The van der Waals surface area contributed by atoms with E-state index >= 15 is 0 Å². The van der Waals surface area contributed by atoms with Gasteiger partial charge in [-0.05, 0) is 30.5 Å². The van der Waals surface area contributed by atoms with Gasteiger partial charge in [0.05, 0.1) is 36.7 Å². The zero-order chi connectivity index (χ0) is 31.5. The van der Waals surface area contributed by atoms with Crippen LogP contribution in [0.4, 0.5) is 10.5 Å². The molecule has 12 nitrogen and oxygen atoms in total. The van der Waals surface area contributed by atoms with Crippen molar-refractivity contribution in [3.63, 3.8) is 0 Å². The molecule has 3 atom stereocenters. The largest absolute Gasteiger partial charge is 0.480 e. The lowest BCUT2D eigenvalue weighted by atomic mass is 9.96. The van der Waals surface area contributed by atoms with Crippen molar-refractivity contribution in [2.75, 3.05) is 46.3 Å². The van der Waals surface area contributed by atoms with Crippen LogP contribution < -0.4 is 15.4 Å². The predicted octanol–water partition coefficient (Wildman–Crippen LogP) is 3.10. The van der Waals surface area contributed by atoms with E-state index in [2.05, 4.69) is 20.6 Å². The molecular formula is C31H35ClN6O6. The Balaban J connectivity index is 1.38. The van der Waals surface area contributed by atoms with Crippen LogP contribution in [0.25, 0.3) is 22.4 Å². The molecule has 44 heavy (non-hydrogen) atoms. The molecule has 1 aromatic heterocycles. The molecule has 2 aliphatic heterocycles. The monoisotopic (exact) mass is 622 g/mol. The van der Waals surface area contributed by atoms with Crippen molar-refractivity contribution in [2.45, 2.75) is 32.0 Å². The molecule has 3 heterocycles. The van der Waals surface area contributed by atoms with Crippen molar-refractivity contribution in [2.24, 2.45) is 5.92 Å². The zero-order valence-corrected chi connectivity index (χ0v) is 25.7. The quantitative estimate of drug-likeness (QED) is 0.323. The zero-order valence-electron chi connectivity index (χ0n) is 25.0. The highest BCUT2D eigenvalue weighted by Crippen LogP contribution is 2.39. The van der Waals surface area contributed by atoms with Gasteiger partial charge in [0.25, 0.3) is 0 Å². The number of nitrogens with one attached hydrogen (secondary N) is 2. The molecule has 5 rings (SSSR count). The molecule has 2 saturated heterocycles. The first-order chi connectivity index (χ1) is 21.1. The Morgan fingerprint density at radius 1 is 1.16 bits per heavy atom. The van der Waals surface area contributed by atoms with Gasteiger partial charge in [-0.3, -0.25) is 19.5 Å². The number of hydrogen-bond donors (Lipinski definition) is 3. The van der Waals surface area contributed by atoms with Crippen molar-refractivity contribution >= 4 is 35.1 Å². The van der Waals surface area contributed by atoms with Crippen LogP contribution in [0.1, 0.15) is 17.7 Å². The highest BCUT2D eigenvalue weighted by Gasteiger charge is 2.39. The highest BCUT2D eigenvalue weighted by atomic mass is 35.5. The highest BCUT2D eigenvalue weighted by molar-refractivity contribution is 6.36. The first-order valence-electron chi connectivity index (χ1n) is 14.2. The maximum Gasteiger partial charge on any atom is 0.326 e. The number of halogens is 1. The van der Waals surface area contributed by atoms with Crippen LogP contribution >= 0.6 is 11.6 Å². The second-order valence-electron chi connectivity index (χ2n) is 10.9. The summed E-state index contributed by atoms with van der Waals surface area (Å²) < 4.78 is 10.8. The minimum atomic E-state index is -1.02. The smallest absolute Gasteiger partial charge is 0.326 e. The number of urea groups is 1. The molecule has 0 saturated carbocycles. The van der Waals surface area contributed by atoms with Gasteiger partial charge in [0.15, 0.2) is 0 Å². The van der Waals surface area contributed by atoms with E-state index in [1.165, 1.54) is 19.1 Å². The van der Waals surface area contributed by atoms with E-state index < -0.39 is 29.9 Å². The summed E-state index contributed by atoms with van der Waals surface area (Å²) in [6.45, 7) is 3.09. The molecule has 13 heteroatoms. The molecule has 3 N–H and O–H groups in total. The molecule has 0 radical (unpaired) electrons. The second-order valence-corrected chi connectivity index (χ2v) is 11.3. The van der Waals surface area contributed by atoms with Crippen LogP contribution in [0.2, 0.25) is 5.02 Å². The molecule has 0 aliphatic carbocycles. The summed E-state index contributed by atoms with van der Waals surface area (Å²) >= 11 is 6.97. The van der Waals surface area contributed by atoms with Crippen molar-refractivity contribution < 1.29 is 29.0 Å². The Kier molecular flexibility index (Phi) is 9.45. The van der Waals surface area contributed by atoms with Crippen LogP contribution in [-0.2, 0) is 20.9 Å².